The first kappa shape index (κ1) is 12.8. The highest BCUT2D eigenvalue weighted by molar-refractivity contribution is 5.92. The highest BCUT2D eigenvalue weighted by Gasteiger charge is 2.64. The fourth-order valence-electron chi connectivity index (χ4n) is 2.62. The summed E-state index contributed by atoms with van der Waals surface area (Å²) in [6, 6.07) is 0. The Morgan fingerprint density at radius 1 is 1.33 bits per heavy atom. The van der Waals surface area contributed by atoms with Crippen molar-refractivity contribution in [3.63, 3.8) is 0 Å². The lowest BCUT2D eigenvalue weighted by atomic mass is 10.0. The van der Waals surface area contributed by atoms with Crippen molar-refractivity contribution >= 4 is 11.7 Å². The molecule has 1 aliphatic rings. The van der Waals surface area contributed by atoms with E-state index in [0.29, 0.717) is 12.5 Å². The normalized spacial score (nSPS) is 20.4. The standard InChI is InChI=1S/C13H20N4O/c1-12(2)9(13(12,3)4)6-16-11(18)8-5-15-7-10(14)17-8/h5,7,9H,6H2,1-4H3,(H2,14,17)(H,16,18). The molecule has 0 radical (unpaired) electrons. The van der Waals surface area contributed by atoms with Gasteiger partial charge in [-0.25, -0.2) is 4.98 Å². The molecule has 0 unspecified atom stereocenters. The number of rotatable bonds is 3. The van der Waals surface area contributed by atoms with E-state index in [1.807, 2.05) is 0 Å². The summed E-state index contributed by atoms with van der Waals surface area (Å²) < 4.78 is 0. The van der Waals surface area contributed by atoms with E-state index in [9.17, 15) is 4.79 Å². The average Bonchev–Trinajstić information content (AvgIpc) is 2.66. The molecule has 1 aromatic heterocycles. The van der Waals surface area contributed by atoms with Crippen LogP contribution < -0.4 is 11.1 Å². The van der Waals surface area contributed by atoms with E-state index in [4.69, 9.17) is 5.73 Å². The van der Waals surface area contributed by atoms with Crippen LogP contribution in [0.4, 0.5) is 5.82 Å². The summed E-state index contributed by atoms with van der Waals surface area (Å²) in [5.74, 6) is 0.533. The zero-order valence-corrected chi connectivity index (χ0v) is 11.3. The van der Waals surface area contributed by atoms with Crippen LogP contribution in [0.25, 0.3) is 0 Å². The number of anilines is 1. The van der Waals surface area contributed by atoms with Crippen LogP contribution in [0.15, 0.2) is 12.4 Å². The van der Waals surface area contributed by atoms with Crippen LogP contribution in [0.3, 0.4) is 0 Å². The topological polar surface area (TPSA) is 80.9 Å². The van der Waals surface area contributed by atoms with Gasteiger partial charge in [-0.3, -0.25) is 9.78 Å². The largest absolute Gasteiger partial charge is 0.382 e. The molecule has 0 atom stereocenters. The van der Waals surface area contributed by atoms with Gasteiger partial charge in [0.05, 0.1) is 12.4 Å². The minimum absolute atomic E-state index is 0.215. The van der Waals surface area contributed by atoms with Gasteiger partial charge in [0.1, 0.15) is 11.5 Å². The molecule has 0 aromatic carbocycles. The Morgan fingerprint density at radius 3 is 2.44 bits per heavy atom. The molecular formula is C13H20N4O. The van der Waals surface area contributed by atoms with Crippen LogP contribution in [0.5, 0.6) is 0 Å². The second kappa shape index (κ2) is 3.93. The van der Waals surface area contributed by atoms with Gasteiger partial charge in [-0.05, 0) is 16.7 Å². The quantitative estimate of drug-likeness (QED) is 0.848. The lowest BCUT2D eigenvalue weighted by molar-refractivity contribution is 0.0944. The molecule has 1 aliphatic carbocycles. The molecule has 5 heteroatoms. The number of amides is 1. The van der Waals surface area contributed by atoms with Crippen LogP contribution in [-0.4, -0.2) is 22.4 Å². The molecule has 18 heavy (non-hydrogen) atoms. The van der Waals surface area contributed by atoms with E-state index in [2.05, 4.69) is 43.0 Å². The van der Waals surface area contributed by atoms with E-state index in [-0.39, 0.29) is 28.2 Å². The molecule has 1 saturated carbocycles. The number of carbonyl (C=O) groups is 1. The Bertz CT molecular complexity index is 468. The number of hydrogen-bond acceptors (Lipinski definition) is 4. The summed E-state index contributed by atoms with van der Waals surface area (Å²) in [4.78, 5) is 19.7. The second-order valence-corrected chi connectivity index (χ2v) is 6.04. The van der Waals surface area contributed by atoms with Crippen LogP contribution >= 0.6 is 0 Å². The van der Waals surface area contributed by atoms with Crippen LogP contribution in [0, 0.1) is 16.7 Å². The highest BCUT2D eigenvalue weighted by atomic mass is 16.1. The number of aromatic nitrogens is 2. The smallest absolute Gasteiger partial charge is 0.271 e. The van der Waals surface area contributed by atoms with Gasteiger partial charge in [0.25, 0.3) is 5.91 Å². The van der Waals surface area contributed by atoms with E-state index < -0.39 is 0 Å². The van der Waals surface area contributed by atoms with Crippen molar-refractivity contribution in [1.82, 2.24) is 15.3 Å². The molecule has 1 heterocycles. The van der Waals surface area contributed by atoms with Crippen molar-refractivity contribution in [2.75, 3.05) is 12.3 Å². The van der Waals surface area contributed by atoms with E-state index in [0.717, 1.165) is 0 Å². The molecule has 1 aromatic rings. The van der Waals surface area contributed by atoms with Crippen molar-refractivity contribution in [3.8, 4) is 0 Å². The summed E-state index contributed by atoms with van der Waals surface area (Å²) >= 11 is 0. The lowest BCUT2D eigenvalue weighted by Gasteiger charge is -2.05. The predicted octanol–water partition coefficient (Wildman–Crippen LogP) is 1.47. The first-order valence-corrected chi connectivity index (χ1v) is 6.12. The minimum atomic E-state index is -0.215. The maximum atomic E-state index is 11.9. The van der Waals surface area contributed by atoms with Gasteiger partial charge in [-0.1, -0.05) is 27.7 Å². The number of hydrogen-bond donors (Lipinski definition) is 2. The monoisotopic (exact) mass is 248 g/mol. The number of nitrogen functional groups attached to an aromatic ring is 1. The summed E-state index contributed by atoms with van der Waals surface area (Å²) in [5, 5.41) is 2.90. The van der Waals surface area contributed by atoms with Gasteiger partial charge in [0, 0.05) is 6.54 Å². The Labute approximate surface area is 107 Å². The Balaban J connectivity index is 1.95. The summed E-state index contributed by atoms with van der Waals surface area (Å²) in [6.45, 7) is 9.57. The third kappa shape index (κ3) is 1.94. The molecule has 5 nitrogen and oxygen atoms in total. The number of carbonyl (C=O) groups excluding carboxylic acids is 1. The van der Waals surface area contributed by atoms with Gasteiger partial charge >= 0.3 is 0 Å². The first-order valence-electron chi connectivity index (χ1n) is 6.12. The Kier molecular flexibility index (Phi) is 2.80. The van der Waals surface area contributed by atoms with Crippen LogP contribution in [0.1, 0.15) is 38.2 Å². The molecule has 0 saturated heterocycles. The molecule has 0 bridgehead atoms. The molecule has 98 valence electrons. The van der Waals surface area contributed by atoms with Crippen LogP contribution in [-0.2, 0) is 0 Å². The predicted molar refractivity (Wildman–Crippen MR) is 69.8 cm³/mol. The van der Waals surface area contributed by atoms with E-state index in [1.54, 1.807) is 0 Å². The third-order valence-electron chi connectivity index (χ3n) is 4.67. The fraction of sp³-hybridized carbons (Fsp3) is 0.615. The molecule has 1 amide bonds. The van der Waals surface area contributed by atoms with E-state index >= 15 is 0 Å². The zero-order valence-electron chi connectivity index (χ0n) is 11.3. The maximum absolute atomic E-state index is 11.9. The molecule has 0 aliphatic heterocycles. The molecule has 2 rings (SSSR count). The lowest BCUT2D eigenvalue weighted by Crippen LogP contribution is -2.28. The summed E-state index contributed by atoms with van der Waals surface area (Å²) in [6.07, 6.45) is 2.85. The SMILES string of the molecule is CC1(C)C(CNC(=O)c2cncc(N)n2)C1(C)C. The number of nitrogens with one attached hydrogen (secondary N) is 1. The Hall–Kier alpha value is -1.65. The summed E-state index contributed by atoms with van der Waals surface area (Å²) in [5.41, 5.74) is 6.30. The fourth-order valence-corrected chi connectivity index (χ4v) is 2.62. The molecule has 1 fully saturated rings. The van der Waals surface area contributed by atoms with Crippen molar-refractivity contribution in [3.05, 3.63) is 18.1 Å². The molecular weight excluding hydrogens is 228 g/mol. The average molecular weight is 248 g/mol. The summed E-state index contributed by atoms with van der Waals surface area (Å²) in [7, 11) is 0. The van der Waals surface area contributed by atoms with Crippen molar-refractivity contribution in [2.24, 2.45) is 16.7 Å². The van der Waals surface area contributed by atoms with Crippen LogP contribution in [0.2, 0.25) is 0 Å². The van der Waals surface area contributed by atoms with Gasteiger partial charge in [-0.15, -0.1) is 0 Å². The highest BCUT2D eigenvalue weighted by Crippen LogP contribution is 2.67. The molecule has 3 N–H and O–H groups in total. The van der Waals surface area contributed by atoms with Gasteiger partial charge < -0.3 is 11.1 Å². The number of nitrogens with two attached hydrogens (primary N) is 1. The minimum Gasteiger partial charge on any atom is -0.382 e. The third-order valence-corrected chi connectivity index (χ3v) is 4.67. The molecule has 0 spiro atoms. The second-order valence-electron chi connectivity index (χ2n) is 6.04. The van der Waals surface area contributed by atoms with E-state index in [1.165, 1.54) is 12.4 Å². The van der Waals surface area contributed by atoms with Crippen molar-refractivity contribution < 1.29 is 4.79 Å². The van der Waals surface area contributed by atoms with Gasteiger partial charge in [0.2, 0.25) is 0 Å². The maximum Gasteiger partial charge on any atom is 0.271 e. The first-order chi connectivity index (χ1) is 8.26. The van der Waals surface area contributed by atoms with Gasteiger partial charge in [0.15, 0.2) is 0 Å². The van der Waals surface area contributed by atoms with Crippen molar-refractivity contribution in [1.29, 1.82) is 0 Å². The Morgan fingerprint density at radius 2 is 1.94 bits per heavy atom. The number of nitrogens with zero attached hydrogens (tertiary/aromatic N) is 2. The van der Waals surface area contributed by atoms with Gasteiger partial charge in [-0.2, -0.15) is 0 Å². The zero-order chi connectivity index (χ0) is 13.6. The van der Waals surface area contributed by atoms with Crippen molar-refractivity contribution in [2.45, 2.75) is 27.7 Å².